The molecule has 2 aromatic carbocycles. The van der Waals surface area contributed by atoms with Crippen LogP contribution in [0.2, 0.25) is 0 Å². The van der Waals surface area contributed by atoms with E-state index in [9.17, 15) is 4.79 Å². The predicted molar refractivity (Wildman–Crippen MR) is 103 cm³/mol. The van der Waals surface area contributed by atoms with Crippen molar-refractivity contribution in [1.29, 1.82) is 5.26 Å². The van der Waals surface area contributed by atoms with Gasteiger partial charge < -0.3 is 16.4 Å². The number of nitrogens with two attached hydrogens (primary N) is 1. The monoisotopic (exact) mass is 354 g/mol. The summed E-state index contributed by atoms with van der Waals surface area (Å²) >= 11 is 1.62. The largest absolute Gasteiger partial charge is 0.397 e. The molecule has 25 heavy (non-hydrogen) atoms. The van der Waals surface area contributed by atoms with Gasteiger partial charge in [-0.15, -0.1) is 0 Å². The van der Waals surface area contributed by atoms with Gasteiger partial charge in [0.2, 0.25) is 0 Å². The normalized spacial score (nSPS) is 10.0. The van der Waals surface area contributed by atoms with Crippen molar-refractivity contribution >= 4 is 29.2 Å². The molecule has 4 N–H and O–H groups in total. The maximum absolute atomic E-state index is 11.9. The third kappa shape index (κ3) is 6.77. The van der Waals surface area contributed by atoms with E-state index < -0.39 is 0 Å². The van der Waals surface area contributed by atoms with Gasteiger partial charge in [0.15, 0.2) is 0 Å². The van der Waals surface area contributed by atoms with Crippen LogP contribution in [0.3, 0.4) is 0 Å². The molecule has 0 aliphatic heterocycles. The summed E-state index contributed by atoms with van der Waals surface area (Å²) < 4.78 is 0. The van der Waals surface area contributed by atoms with Crippen molar-refractivity contribution in [2.24, 2.45) is 0 Å². The van der Waals surface area contributed by atoms with Crippen molar-refractivity contribution in [2.75, 3.05) is 17.6 Å². The molecular weight excluding hydrogens is 332 g/mol. The van der Waals surface area contributed by atoms with Crippen molar-refractivity contribution in [3.8, 4) is 6.07 Å². The molecular formula is C19H22N4OS. The average Bonchev–Trinajstić information content (AvgIpc) is 2.61. The number of carbonyl (C=O) groups is 1. The van der Waals surface area contributed by atoms with Crippen molar-refractivity contribution < 1.29 is 4.79 Å². The lowest BCUT2D eigenvalue weighted by Gasteiger charge is -2.11. The van der Waals surface area contributed by atoms with Crippen LogP contribution in [0.1, 0.15) is 25.7 Å². The van der Waals surface area contributed by atoms with Gasteiger partial charge in [-0.25, -0.2) is 4.79 Å². The molecule has 0 saturated carbocycles. The first kappa shape index (κ1) is 18.7. The molecule has 0 aromatic heterocycles. The van der Waals surface area contributed by atoms with E-state index in [4.69, 9.17) is 11.0 Å². The van der Waals surface area contributed by atoms with E-state index in [0.717, 1.165) is 29.1 Å². The fourth-order valence-electron chi connectivity index (χ4n) is 2.22. The van der Waals surface area contributed by atoms with Gasteiger partial charge in [0, 0.05) is 22.8 Å². The van der Waals surface area contributed by atoms with Crippen LogP contribution < -0.4 is 16.4 Å². The number of nitrogens with one attached hydrogen (secondary N) is 2. The van der Waals surface area contributed by atoms with Crippen molar-refractivity contribution in [2.45, 2.75) is 35.5 Å². The van der Waals surface area contributed by atoms with Gasteiger partial charge in [0.25, 0.3) is 0 Å². The first-order valence-electron chi connectivity index (χ1n) is 8.23. The summed E-state index contributed by atoms with van der Waals surface area (Å²) in [5.41, 5.74) is 7.18. The summed E-state index contributed by atoms with van der Waals surface area (Å²) in [6, 6.07) is 17.5. The van der Waals surface area contributed by atoms with Gasteiger partial charge in [-0.2, -0.15) is 5.26 Å². The van der Waals surface area contributed by atoms with Crippen LogP contribution in [0.5, 0.6) is 0 Å². The minimum absolute atomic E-state index is 0.268. The molecule has 2 rings (SSSR count). The van der Waals surface area contributed by atoms with Crippen molar-refractivity contribution in [1.82, 2.24) is 5.32 Å². The quantitative estimate of drug-likeness (QED) is 0.476. The fourth-order valence-corrected chi connectivity index (χ4v) is 3.10. The number of nitrogens with zero attached hydrogens (tertiary/aromatic N) is 1. The summed E-state index contributed by atoms with van der Waals surface area (Å²) in [7, 11) is 0. The summed E-state index contributed by atoms with van der Waals surface area (Å²) in [6.45, 7) is 0.582. The van der Waals surface area contributed by atoms with Gasteiger partial charge in [-0.1, -0.05) is 36.4 Å². The van der Waals surface area contributed by atoms with E-state index in [1.54, 1.807) is 11.8 Å². The fraction of sp³-hybridized carbons (Fsp3) is 0.263. The maximum Gasteiger partial charge on any atom is 0.319 e. The lowest BCUT2D eigenvalue weighted by atomic mass is 10.2. The number of benzene rings is 2. The number of hydrogen-bond acceptors (Lipinski definition) is 4. The number of hydrogen-bond donors (Lipinski definition) is 3. The van der Waals surface area contributed by atoms with Crippen LogP contribution >= 0.6 is 11.8 Å². The Morgan fingerprint density at radius 2 is 1.88 bits per heavy atom. The zero-order valence-corrected chi connectivity index (χ0v) is 14.8. The Hall–Kier alpha value is -2.65. The van der Waals surface area contributed by atoms with Crippen molar-refractivity contribution in [3.05, 3.63) is 48.5 Å². The zero-order valence-electron chi connectivity index (χ0n) is 14.0. The Balaban J connectivity index is 1.80. The second-order valence-electron chi connectivity index (χ2n) is 5.51. The Bertz CT molecular complexity index is 728. The molecule has 0 bridgehead atoms. The van der Waals surface area contributed by atoms with Gasteiger partial charge in [-0.3, -0.25) is 0 Å². The van der Waals surface area contributed by atoms with E-state index in [-0.39, 0.29) is 6.03 Å². The molecule has 0 atom stereocenters. The topological polar surface area (TPSA) is 90.9 Å². The number of unbranched alkanes of at least 4 members (excludes halogenated alkanes) is 3. The summed E-state index contributed by atoms with van der Waals surface area (Å²) in [4.78, 5) is 14.1. The highest BCUT2D eigenvalue weighted by Gasteiger charge is 2.06. The number of nitrogen functional groups attached to an aromatic ring is 1. The van der Waals surface area contributed by atoms with Gasteiger partial charge in [-0.05, 0) is 43.2 Å². The van der Waals surface area contributed by atoms with Crippen LogP contribution in [-0.2, 0) is 0 Å². The number of rotatable bonds is 8. The average molecular weight is 354 g/mol. The number of anilines is 2. The standard InChI is InChI=1S/C19H22N4OS/c20-12-6-1-2-7-13-22-19(24)23-18-11-10-16(14-17(18)21)25-15-8-4-3-5-9-15/h3-5,8-11,14H,1-2,6-7,13,21H2,(H2,22,23,24). The molecule has 0 fully saturated rings. The molecule has 0 spiro atoms. The molecule has 0 aliphatic rings. The van der Waals surface area contributed by atoms with Crippen molar-refractivity contribution in [3.63, 3.8) is 0 Å². The molecule has 2 aromatic rings. The molecule has 0 radical (unpaired) electrons. The summed E-state index contributed by atoms with van der Waals surface area (Å²) in [5, 5.41) is 14.0. The third-order valence-electron chi connectivity index (χ3n) is 3.50. The minimum Gasteiger partial charge on any atom is -0.397 e. The molecule has 0 heterocycles. The second-order valence-corrected chi connectivity index (χ2v) is 6.66. The van der Waals surface area contributed by atoms with E-state index in [1.165, 1.54) is 0 Å². The smallest absolute Gasteiger partial charge is 0.319 e. The maximum atomic E-state index is 11.9. The molecule has 0 aliphatic carbocycles. The first-order valence-corrected chi connectivity index (χ1v) is 9.05. The van der Waals surface area contributed by atoms with Crippen LogP contribution in [-0.4, -0.2) is 12.6 Å². The third-order valence-corrected chi connectivity index (χ3v) is 4.50. The minimum atomic E-state index is -0.268. The van der Waals surface area contributed by atoms with E-state index in [1.807, 2.05) is 48.5 Å². The summed E-state index contributed by atoms with van der Waals surface area (Å²) in [6.07, 6.45) is 3.22. The predicted octanol–water partition coefficient (Wildman–Crippen LogP) is 4.63. The number of amides is 2. The Morgan fingerprint density at radius 1 is 1.08 bits per heavy atom. The Labute approximate surface area is 152 Å². The number of carbonyl (C=O) groups excluding carboxylic acids is 1. The molecule has 130 valence electrons. The van der Waals surface area contributed by atoms with Gasteiger partial charge in [0.1, 0.15) is 0 Å². The zero-order chi connectivity index (χ0) is 17.9. The van der Waals surface area contributed by atoms with E-state index in [2.05, 4.69) is 16.7 Å². The van der Waals surface area contributed by atoms with Gasteiger partial charge in [0.05, 0.1) is 17.4 Å². The van der Waals surface area contributed by atoms with Crippen LogP contribution in [0.25, 0.3) is 0 Å². The SMILES string of the molecule is N#CCCCCCNC(=O)Nc1ccc(Sc2ccccc2)cc1N. The molecule has 5 nitrogen and oxygen atoms in total. The van der Waals surface area contributed by atoms with Crippen LogP contribution in [0, 0.1) is 11.3 Å². The van der Waals surface area contributed by atoms with Crippen LogP contribution in [0.15, 0.2) is 58.3 Å². The van der Waals surface area contributed by atoms with Gasteiger partial charge >= 0.3 is 6.03 Å². The molecule has 0 saturated heterocycles. The number of nitriles is 1. The highest BCUT2D eigenvalue weighted by Crippen LogP contribution is 2.31. The van der Waals surface area contributed by atoms with E-state index in [0.29, 0.717) is 24.3 Å². The van der Waals surface area contributed by atoms with Crippen LogP contribution in [0.4, 0.5) is 16.2 Å². The second kappa shape index (κ2) is 10.3. The number of urea groups is 1. The molecule has 6 heteroatoms. The highest BCUT2D eigenvalue weighted by molar-refractivity contribution is 7.99. The first-order chi connectivity index (χ1) is 12.2. The Morgan fingerprint density at radius 3 is 2.60 bits per heavy atom. The molecule has 2 amide bonds. The van der Waals surface area contributed by atoms with E-state index >= 15 is 0 Å². The lowest BCUT2D eigenvalue weighted by Crippen LogP contribution is -2.29. The Kier molecular flexibility index (Phi) is 7.67. The lowest BCUT2D eigenvalue weighted by molar-refractivity contribution is 0.252. The molecule has 0 unspecified atom stereocenters. The highest BCUT2D eigenvalue weighted by atomic mass is 32.2. The summed E-state index contributed by atoms with van der Waals surface area (Å²) in [5.74, 6) is 0.